The summed E-state index contributed by atoms with van der Waals surface area (Å²) in [4.78, 5) is 17.1. The van der Waals surface area contributed by atoms with Crippen molar-refractivity contribution in [2.75, 3.05) is 31.9 Å². The predicted octanol–water partition coefficient (Wildman–Crippen LogP) is 4.35. The van der Waals surface area contributed by atoms with Crippen LogP contribution in [0.5, 0.6) is 0 Å². The standard InChI is InChI=1S/C23H27FN2OS/c24-21-9-5-4-8-20(21)23-26(14-15-28-23)22(27)17-25-12-10-19(11-13-25)16-18-6-2-1-3-7-18/h1-9,19,23H,10-17H2/t23-/m1/s1. The van der Waals surface area contributed by atoms with E-state index in [2.05, 4.69) is 35.2 Å². The number of amides is 1. The lowest BCUT2D eigenvalue weighted by Gasteiger charge is -2.33. The Labute approximate surface area is 170 Å². The maximum Gasteiger partial charge on any atom is 0.237 e. The lowest BCUT2D eigenvalue weighted by Crippen LogP contribution is -2.43. The fourth-order valence-corrected chi connectivity index (χ4v) is 5.54. The normalized spacial score (nSPS) is 21.2. The fraction of sp³-hybridized carbons (Fsp3) is 0.435. The van der Waals surface area contributed by atoms with Crippen molar-refractivity contribution < 1.29 is 9.18 Å². The lowest BCUT2D eigenvalue weighted by atomic mass is 9.90. The average molecular weight is 399 g/mol. The Morgan fingerprint density at radius 2 is 1.71 bits per heavy atom. The van der Waals surface area contributed by atoms with Crippen LogP contribution in [-0.2, 0) is 11.2 Å². The van der Waals surface area contributed by atoms with Crippen molar-refractivity contribution in [1.82, 2.24) is 9.80 Å². The van der Waals surface area contributed by atoms with Crippen LogP contribution in [0.1, 0.15) is 29.3 Å². The molecule has 2 aromatic rings. The maximum atomic E-state index is 14.2. The van der Waals surface area contributed by atoms with Crippen molar-refractivity contribution in [2.24, 2.45) is 5.92 Å². The van der Waals surface area contributed by atoms with Crippen molar-refractivity contribution in [3.8, 4) is 0 Å². The second-order valence-electron chi connectivity index (χ2n) is 7.74. The van der Waals surface area contributed by atoms with Gasteiger partial charge in [0.05, 0.1) is 6.54 Å². The number of nitrogens with zero attached hydrogens (tertiary/aromatic N) is 2. The average Bonchev–Trinajstić information content (AvgIpc) is 3.20. The van der Waals surface area contributed by atoms with Crippen LogP contribution in [0.25, 0.3) is 0 Å². The van der Waals surface area contributed by atoms with E-state index in [-0.39, 0.29) is 17.1 Å². The number of carbonyl (C=O) groups excluding carboxylic acids is 1. The first-order valence-electron chi connectivity index (χ1n) is 10.1. The molecule has 0 spiro atoms. The Bertz CT molecular complexity index is 792. The van der Waals surface area contributed by atoms with Crippen LogP contribution in [0.2, 0.25) is 0 Å². The van der Waals surface area contributed by atoms with E-state index in [0.29, 0.717) is 24.6 Å². The summed E-state index contributed by atoms with van der Waals surface area (Å²) in [5, 5.41) is -0.190. The summed E-state index contributed by atoms with van der Waals surface area (Å²) in [7, 11) is 0. The zero-order valence-electron chi connectivity index (χ0n) is 16.1. The van der Waals surface area contributed by atoms with Gasteiger partial charge in [-0.3, -0.25) is 9.69 Å². The van der Waals surface area contributed by atoms with Gasteiger partial charge in [0.2, 0.25) is 5.91 Å². The van der Waals surface area contributed by atoms with Gasteiger partial charge >= 0.3 is 0 Å². The molecule has 5 heteroatoms. The molecule has 0 unspecified atom stereocenters. The number of carbonyl (C=O) groups is 1. The van der Waals surface area contributed by atoms with E-state index in [4.69, 9.17) is 0 Å². The van der Waals surface area contributed by atoms with E-state index in [0.717, 1.165) is 38.1 Å². The molecule has 0 bridgehead atoms. The summed E-state index contributed by atoms with van der Waals surface area (Å²) < 4.78 is 14.2. The molecular weight excluding hydrogens is 371 g/mol. The minimum absolute atomic E-state index is 0.125. The SMILES string of the molecule is O=C(CN1CCC(Cc2ccccc2)CC1)N1CCS[C@@H]1c1ccccc1F. The van der Waals surface area contributed by atoms with Crippen molar-refractivity contribution in [2.45, 2.75) is 24.6 Å². The summed E-state index contributed by atoms with van der Waals surface area (Å²) in [6.45, 7) is 3.08. The van der Waals surface area contributed by atoms with Gasteiger partial charge in [0.1, 0.15) is 11.2 Å². The molecule has 4 rings (SSSR count). The van der Waals surface area contributed by atoms with Crippen molar-refractivity contribution in [3.63, 3.8) is 0 Å². The van der Waals surface area contributed by atoms with Gasteiger partial charge in [0.15, 0.2) is 0 Å². The molecule has 28 heavy (non-hydrogen) atoms. The third kappa shape index (κ3) is 4.58. The number of hydrogen-bond acceptors (Lipinski definition) is 3. The number of rotatable bonds is 5. The molecule has 2 fully saturated rings. The molecule has 2 aromatic carbocycles. The highest BCUT2D eigenvalue weighted by Gasteiger charge is 2.33. The van der Waals surface area contributed by atoms with Gasteiger partial charge in [-0.25, -0.2) is 4.39 Å². The summed E-state index contributed by atoms with van der Waals surface area (Å²) in [6.07, 6.45) is 3.39. The second kappa shape index (κ2) is 9.10. The van der Waals surface area contributed by atoms with E-state index >= 15 is 0 Å². The Kier molecular flexibility index (Phi) is 6.33. The van der Waals surface area contributed by atoms with Crippen molar-refractivity contribution >= 4 is 17.7 Å². The van der Waals surface area contributed by atoms with E-state index in [1.165, 1.54) is 11.6 Å². The third-order valence-corrected chi connectivity index (χ3v) is 7.06. The number of likely N-dealkylation sites (tertiary alicyclic amines) is 1. The molecule has 0 aliphatic carbocycles. The molecular formula is C23H27FN2OS. The molecule has 0 radical (unpaired) electrons. The zero-order chi connectivity index (χ0) is 19.3. The van der Waals surface area contributed by atoms with Crippen molar-refractivity contribution in [3.05, 3.63) is 71.5 Å². The van der Waals surface area contributed by atoms with Gasteiger partial charge in [-0.05, 0) is 49.9 Å². The van der Waals surface area contributed by atoms with Crippen LogP contribution >= 0.6 is 11.8 Å². The van der Waals surface area contributed by atoms with Crippen LogP contribution in [-0.4, -0.2) is 47.6 Å². The van der Waals surface area contributed by atoms with Gasteiger partial charge in [0.25, 0.3) is 0 Å². The molecule has 1 amide bonds. The molecule has 2 aliphatic heterocycles. The van der Waals surface area contributed by atoms with Gasteiger partial charge < -0.3 is 4.90 Å². The van der Waals surface area contributed by atoms with Crippen LogP contribution < -0.4 is 0 Å². The highest BCUT2D eigenvalue weighted by atomic mass is 32.2. The largest absolute Gasteiger partial charge is 0.325 e. The molecule has 2 aliphatic rings. The summed E-state index contributed by atoms with van der Waals surface area (Å²) >= 11 is 1.66. The summed E-state index contributed by atoms with van der Waals surface area (Å²) in [6, 6.07) is 17.5. The topological polar surface area (TPSA) is 23.6 Å². The quantitative estimate of drug-likeness (QED) is 0.748. The molecule has 1 atom stereocenters. The summed E-state index contributed by atoms with van der Waals surface area (Å²) in [5.74, 6) is 1.47. The minimum atomic E-state index is -0.221. The van der Waals surface area contributed by atoms with Gasteiger partial charge in [-0.2, -0.15) is 0 Å². The number of thioether (sulfide) groups is 1. The van der Waals surface area contributed by atoms with Crippen LogP contribution in [0.4, 0.5) is 4.39 Å². The molecule has 3 nitrogen and oxygen atoms in total. The minimum Gasteiger partial charge on any atom is -0.325 e. The van der Waals surface area contributed by atoms with Gasteiger partial charge in [-0.15, -0.1) is 11.8 Å². The predicted molar refractivity (Wildman–Crippen MR) is 113 cm³/mol. The Balaban J connectivity index is 1.30. The maximum absolute atomic E-state index is 14.2. The third-order valence-electron chi connectivity index (χ3n) is 5.82. The smallest absolute Gasteiger partial charge is 0.237 e. The van der Waals surface area contributed by atoms with Crippen LogP contribution in [0.3, 0.4) is 0 Å². The van der Waals surface area contributed by atoms with Crippen LogP contribution in [0.15, 0.2) is 54.6 Å². The van der Waals surface area contributed by atoms with Crippen molar-refractivity contribution in [1.29, 1.82) is 0 Å². The summed E-state index contributed by atoms with van der Waals surface area (Å²) in [5.41, 5.74) is 2.03. The zero-order valence-corrected chi connectivity index (χ0v) is 16.9. The number of hydrogen-bond donors (Lipinski definition) is 0. The molecule has 2 saturated heterocycles. The number of benzene rings is 2. The van der Waals surface area contributed by atoms with E-state index in [9.17, 15) is 9.18 Å². The Morgan fingerprint density at radius 1 is 1.00 bits per heavy atom. The molecule has 0 saturated carbocycles. The lowest BCUT2D eigenvalue weighted by molar-refractivity contribution is -0.133. The monoisotopic (exact) mass is 398 g/mol. The van der Waals surface area contributed by atoms with E-state index in [1.54, 1.807) is 23.9 Å². The first kappa shape index (κ1) is 19.5. The molecule has 148 valence electrons. The van der Waals surface area contributed by atoms with E-state index < -0.39 is 0 Å². The Hall–Kier alpha value is -1.85. The molecule has 0 N–H and O–H groups in total. The fourth-order valence-electron chi connectivity index (χ4n) is 4.24. The highest BCUT2D eigenvalue weighted by molar-refractivity contribution is 7.99. The second-order valence-corrected chi connectivity index (χ2v) is 8.93. The first-order chi connectivity index (χ1) is 13.7. The number of piperidine rings is 1. The van der Waals surface area contributed by atoms with E-state index in [1.807, 2.05) is 11.0 Å². The van der Waals surface area contributed by atoms with Gasteiger partial charge in [-0.1, -0.05) is 48.5 Å². The van der Waals surface area contributed by atoms with Gasteiger partial charge in [0, 0.05) is 17.9 Å². The molecule has 0 aromatic heterocycles. The van der Waals surface area contributed by atoms with Crippen LogP contribution in [0, 0.1) is 11.7 Å². The highest BCUT2D eigenvalue weighted by Crippen LogP contribution is 2.39. The number of halogens is 1. The Morgan fingerprint density at radius 3 is 2.46 bits per heavy atom. The molecule has 2 heterocycles. The first-order valence-corrected chi connectivity index (χ1v) is 11.2.